The summed E-state index contributed by atoms with van der Waals surface area (Å²) >= 11 is 0. The molecule has 0 bridgehead atoms. The Morgan fingerprint density at radius 2 is 2.00 bits per heavy atom. The first kappa shape index (κ1) is 11.7. The second kappa shape index (κ2) is 4.62. The minimum absolute atomic E-state index is 0.419. The Labute approximate surface area is 102 Å². The molecule has 1 heterocycles. The molecule has 2 rings (SSSR count). The van der Waals surface area contributed by atoms with Gasteiger partial charge in [0.1, 0.15) is 0 Å². The van der Waals surface area contributed by atoms with Gasteiger partial charge < -0.3 is 9.73 Å². The quantitative estimate of drug-likeness (QED) is 0.872. The van der Waals surface area contributed by atoms with E-state index in [1.54, 1.807) is 6.20 Å². The molecule has 0 radical (unpaired) electrons. The lowest BCUT2D eigenvalue weighted by molar-refractivity contribution is 0.534. The minimum Gasteiger partial charge on any atom is -0.441 e. The fourth-order valence-electron chi connectivity index (χ4n) is 1.80. The number of benzene rings is 1. The number of nitrogens with one attached hydrogen (secondary N) is 1. The van der Waals surface area contributed by atoms with E-state index in [2.05, 4.69) is 49.3 Å². The molecule has 0 saturated carbocycles. The third-order valence-corrected chi connectivity index (χ3v) is 2.58. The van der Waals surface area contributed by atoms with Gasteiger partial charge in [-0.2, -0.15) is 0 Å². The van der Waals surface area contributed by atoms with Crippen molar-refractivity contribution in [2.45, 2.75) is 33.7 Å². The van der Waals surface area contributed by atoms with E-state index in [0.29, 0.717) is 11.9 Å². The van der Waals surface area contributed by atoms with Crippen molar-refractivity contribution in [3.63, 3.8) is 0 Å². The number of hydrogen-bond donors (Lipinski definition) is 1. The van der Waals surface area contributed by atoms with E-state index in [9.17, 15) is 0 Å². The van der Waals surface area contributed by atoms with E-state index in [4.69, 9.17) is 4.42 Å². The molecule has 0 saturated heterocycles. The standard InChI is InChI=1S/C14H18N2O/c1-9(2)16-12-6-5-10(3)13(7-12)14-8-15-11(4)17-14/h5-9,16H,1-4H3. The molecule has 90 valence electrons. The monoisotopic (exact) mass is 230 g/mol. The predicted molar refractivity (Wildman–Crippen MR) is 70.2 cm³/mol. The molecule has 3 heteroatoms. The Hall–Kier alpha value is -1.77. The summed E-state index contributed by atoms with van der Waals surface area (Å²) in [6.07, 6.45) is 1.77. The summed E-state index contributed by atoms with van der Waals surface area (Å²) in [6.45, 7) is 8.18. The molecule has 0 fully saturated rings. The van der Waals surface area contributed by atoms with Crippen molar-refractivity contribution in [1.29, 1.82) is 0 Å². The van der Waals surface area contributed by atoms with E-state index in [0.717, 1.165) is 17.0 Å². The number of aromatic nitrogens is 1. The van der Waals surface area contributed by atoms with Crippen LogP contribution in [0.1, 0.15) is 25.3 Å². The summed E-state index contributed by atoms with van der Waals surface area (Å²) < 4.78 is 5.57. The lowest BCUT2D eigenvalue weighted by atomic mass is 10.1. The zero-order valence-electron chi connectivity index (χ0n) is 10.7. The number of rotatable bonds is 3. The number of hydrogen-bond acceptors (Lipinski definition) is 3. The van der Waals surface area contributed by atoms with Crippen molar-refractivity contribution in [2.24, 2.45) is 0 Å². The molecule has 1 N–H and O–H groups in total. The van der Waals surface area contributed by atoms with Crippen LogP contribution in [0.15, 0.2) is 28.8 Å². The first-order valence-corrected chi connectivity index (χ1v) is 5.86. The molecule has 1 aromatic heterocycles. The average molecular weight is 230 g/mol. The van der Waals surface area contributed by atoms with E-state index in [1.807, 2.05) is 6.92 Å². The van der Waals surface area contributed by atoms with Crippen molar-refractivity contribution < 1.29 is 4.42 Å². The molecule has 17 heavy (non-hydrogen) atoms. The normalized spacial score (nSPS) is 10.9. The summed E-state index contributed by atoms with van der Waals surface area (Å²) in [4.78, 5) is 4.14. The third kappa shape index (κ3) is 2.67. The largest absolute Gasteiger partial charge is 0.441 e. The molecule has 0 aliphatic rings. The number of anilines is 1. The molecule has 0 aliphatic heterocycles. The van der Waals surface area contributed by atoms with Gasteiger partial charge in [0.25, 0.3) is 0 Å². The van der Waals surface area contributed by atoms with Gasteiger partial charge >= 0.3 is 0 Å². The number of oxazole rings is 1. The molecule has 3 nitrogen and oxygen atoms in total. The van der Waals surface area contributed by atoms with Gasteiger partial charge in [0.05, 0.1) is 6.20 Å². The molecule has 0 aliphatic carbocycles. The Bertz CT molecular complexity index is 515. The Kier molecular flexibility index (Phi) is 3.18. The van der Waals surface area contributed by atoms with E-state index in [1.165, 1.54) is 5.56 Å². The molecule has 0 atom stereocenters. The SMILES string of the molecule is Cc1ncc(-c2cc(NC(C)C)ccc2C)o1. The molecule has 0 spiro atoms. The van der Waals surface area contributed by atoms with Crippen LogP contribution in [0.2, 0.25) is 0 Å². The lowest BCUT2D eigenvalue weighted by Crippen LogP contribution is -2.09. The third-order valence-electron chi connectivity index (χ3n) is 2.58. The van der Waals surface area contributed by atoms with Gasteiger partial charge in [-0.15, -0.1) is 0 Å². The maximum atomic E-state index is 5.57. The summed E-state index contributed by atoms with van der Waals surface area (Å²) in [5.74, 6) is 1.52. The van der Waals surface area contributed by atoms with Crippen molar-refractivity contribution in [1.82, 2.24) is 4.98 Å². The zero-order chi connectivity index (χ0) is 12.4. The van der Waals surface area contributed by atoms with Crippen molar-refractivity contribution in [3.05, 3.63) is 35.9 Å². The van der Waals surface area contributed by atoms with Crippen LogP contribution in [0.25, 0.3) is 11.3 Å². The van der Waals surface area contributed by atoms with Crippen molar-refractivity contribution >= 4 is 5.69 Å². The summed E-state index contributed by atoms with van der Waals surface area (Å²) in [7, 11) is 0. The summed E-state index contributed by atoms with van der Waals surface area (Å²) in [6, 6.07) is 6.71. The molecular weight excluding hydrogens is 212 g/mol. The van der Waals surface area contributed by atoms with Crippen LogP contribution in [0.5, 0.6) is 0 Å². The van der Waals surface area contributed by atoms with Gasteiger partial charge in [-0.1, -0.05) is 6.07 Å². The maximum absolute atomic E-state index is 5.57. The molecule has 0 unspecified atom stereocenters. The van der Waals surface area contributed by atoms with Gasteiger partial charge in [-0.05, 0) is 38.5 Å². The van der Waals surface area contributed by atoms with Crippen LogP contribution in [0.4, 0.5) is 5.69 Å². The lowest BCUT2D eigenvalue weighted by Gasteiger charge is -2.12. The molecule has 0 amide bonds. The summed E-state index contributed by atoms with van der Waals surface area (Å²) in [5, 5.41) is 3.39. The van der Waals surface area contributed by atoms with E-state index in [-0.39, 0.29) is 0 Å². The minimum atomic E-state index is 0.419. The van der Waals surface area contributed by atoms with Gasteiger partial charge in [0, 0.05) is 24.2 Å². The highest BCUT2D eigenvalue weighted by molar-refractivity contribution is 5.67. The van der Waals surface area contributed by atoms with Gasteiger partial charge in [0.15, 0.2) is 11.7 Å². The van der Waals surface area contributed by atoms with Crippen LogP contribution in [0.3, 0.4) is 0 Å². The van der Waals surface area contributed by atoms with Gasteiger partial charge in [-0.25, -0.2) is 4.98 Å². The zero-order valence-corrected chi connectivity index (χ0v) is 10.7. The van der Waals surface area contributed by atoms with Crippen LogP contribution < -0.4 is 5.32 Å². The first-order valence-electron chi connectivity index (χ1n) is 5.86. The average Bonchev–Trinajstić information content (AvgIpc) is 2.67. The fraction of sp³-hybridized carbons (Fsp3) is 0.357. The van der Waals surface area contributed by atoms with Crippen LogP contribution >= 0.6 is 0 Å². The highest BCUT2D eigenvalue weighted by Gasteiger charge is 2.08. The van der Waals surface area contributed by atoms with Crippen LogP contribution in [0, 0.1) is 13.8 Å². The van der Waals surface area contributed by atoms with Crippen LogP contribution in [-0.2, 0) is 0 Å². The second-order valence-electron chi connectivity index (χ2n) is 4.57. The highest BCUT2D eigenvalue weighted by atomic mass is 16.4. The van der Waals surface area contributed by atoms with Crippen LogP contribution in [-0.4, -0.2) is 11.0 Å². The van der Waals surface area contributed by atoms with Crippen molar-refractivity contribution in [2.75, 3.05) is 5.32 Å². The van der Waals surface area contributed by atoms with Gasteiger partial charge in [0.2, 0.25) is 0 Å². The Morgan fingerprint density at radius 3 is 2.59 bits per heavy atom. The Balaban J connectivity index is 2.39. The number of aryl methyl sites for hydroxylation is 2. The first-order chi connectivity index (χ1) is 8.06. The van der Waals surface area contributed by atoms with E-state index >= 15 is 0 Å². The van der Waals surface area contributed by atoms with Crippen molar-refractivity contribution in [3.8, 4) is 11.3 Å². The smallest absolute Gasteiger partial charge is 0.191 e. The van der Waals surface area contributed by atoms with Gasteiger partial charge in [-0.3, -0.25) is 0 Å². The Morgan fingerprint density at radius 1 is 1.24 bits per heavy atom. The molecule has 1 aromatic carbocycles. The topological polar surface area (TPSA) is 38.1 Å². The highest BCUT2D eigenvalue weighted by Crippen LogP contribution is 2.27. The molecule has 2 aromatic rings. The maximum Gasteiger partial charge on any atom is 0.191 e. The molecular formula is C14H18N2O. The van der Waals surface area contributed by atoms with E-state index < -0.39 is 0 Å². The number of nitrogens with zero attached hydrogens (tertiary/aromatic N) is 1. The predicted octanol–water partition coefficient (Wildman–Crippen LogP) is 3.78. The second-order valence-corrected chi connectivity index (χ2v) is 4.57. The summed E-state index contributed by atoms with van der Waals surface area (Å²) in [5.41, 5.74) is 3.39. The fourth-order valence-corrected chi connectivity index (χ4v) is 1.80.